The molecule has 0 aliphatic rings. The zero-order chi connectivity index (χ0) is 8.69. The lowest BCUT2D eigenvalue weighted by Crippen LogP contribution is -2.38. The van der Waals surface area contributed by atoms with Crippen molar-refractivity contribution in [1.29, 1.82) is 0 Å². The molecule has 66 valence electrons. The third kappa shape index (κ3) is 5.70. The summed E-state index contributed by atoms with van der Waals surface area (Å²) in [6.45, 7) is 4.30. The van der Waals surface area contributed by atoms with E-state index in [1.165, 1.54) is 12.8 Å². The van der Waals surface area contributed by atoms with Gasteiger partial charge < -0.3 is 11.1 Å². The number of nitrogens with one attached hydrogen (secondary N) is 1. The van der Waals surface area contributed by atoms with Gasteiger partial charge in [0.05, 0.1) is 0 Å². The molecule has 0 spiro atoms. The molecule has 1 unspecified atom stereocenters. The van der Waals surface area contributed by atoms with Gasteiger partial charge in [0, 0.05) is 13.1 Å². The van der Waals surface area contributed by atoms with Crippen molar-refractivity contribution in [2.24, 2.45) is 10.7 Å². The highest BCUT2D eigenvalue weighted by molar-refractivity contribution is 5.77. The molecular weight excluding hydrogens is 138 g/mol. The van der Waals surface area contributed by atoms with E-state index < -0.39 is 0 Å². The van der Waals surface area contributed by atoms with Crippen LogP contribution in [0.2, 0.25) is 0 Å². The van der Waals surface area contributed by atoms with E-state index in [0.717, 1.165) is 6.42 Å². The lowest BCUT2D eigenvalue weighted by molar-refractivity contribution is 0.568. The summed E-state index contributed by atoms with van der Waals surface area (Å²) < 4.78 is 0. The van der Waals surface area contributed by atoms with Gasteiger partial charge >= 0.3 is 0 Å². The SMILES string of the molecule is CCCCC(C)NC(N)=NC. The molecule has 0 aromatic rings. The molecule has 0 aliphatic heterocycles. The Hall–Kier alpha value is -0.730. The molecule has 11 heavy (non-hydrogen) atoms. The van der Waals surface area contributed by atoms with E-state index in [-0.39, 0.29) is 0 Å². The maximum atomic E-state index is 5.48. The van der Waals surface area contributed by atoms with Crippen LogP contribution in [0.4, 0.5) is 0 Å². The lowest BCUT2D eigenvalue weighted by Gasteiger charge is -2.12. The van der Waals surface area contributed by atoms with Crippen LogP contribution in [0.1, 0.15) is 33.1 Å². The van der Waals surface area contributed by atoms with Gasteiger partial charge in [-0.25, -0.2) is 0 Å². The maximum Gasteiger partial charge on any atom is 0.188 e. The highest BCUT2D eigenvalue weighted by Gasteiger charge is 1.99. The molecular formula is C8H19N3. The number of unbranched alkanes of at least 4 members (excludes halogenated alkanes) is 1. The topological polar surface area (TPSA) is 50.4 Å². The van der Waals surface area contributed by atoms with E-state index in [9.17, 15) is 0 Å². The fraction of sp³-hybridized carbons (Fsp3) is 0.875. The average Bonchev–Trinajstić information content (AvgIpc) is 2.00. The van der Waals surface area contributed by atoms with Crippen LogP contribution in [0.3, 0.4) is 0 Å². The zero-order valence-corrected chi connectivity index (χ0v) is 7.72. The molecule has 3 N–H and O–H groups in total. The average molecular weight is 157 g/mol. The summed E-state index contributed by atoms with van der Waals surface area (Å²) in [5.74, 6) is 0.536. The molecule has 0 bridgehead atoms. The normalized spacial score (nSPS) is 14.6. The molecule has 3 heteroatoms. The molecule has 0 amide bonds. The first kappa shape index (κ1) is 10.3. The Morgan fingerprint density at radius 1 is 1.64 bits per heavy atom. The molecule has 3 nitrogen and oxygen atoms in total. The summed E-state index contributed by atoms with van der Waals surface area (Å²) in [6.07, 6.45) is 3.63. The van der Waals surface area contributed by atoms with Crippen LogP contribution in [0.5, 0.6) is 0 Å². The molecule has 1 atom stereocenters. The quantitative estimate of drug-likeness (QED) is 0.474. The molecule has 0 aliphatic carbocycles. The number of hydrogen-bond acceptors (Lipinski definition) is 1. The maximum absolute atomic E-state index is 5.48. The van der Waals surface area contributed by atoms with Crippen molar-refractivity contribution < 1.29 is 0 Å². The number of guanidine groups is 1. The predicted molar refractivity (Wildman–Crippen MR) is 49.7 cm³/mol. The Balaban J connectivity index is 3.43. The van der Waals surface area contributed by atoms with Crippen LogP contribution in [-0.4, -0.2) is 19.0 Å². The Morgan fingerprint density at radius 3 is 2.73 bits per heavy atom. The van der Waals surface area contributed by atoms with Crippen molar-refractivity contribution in [3.63, 3.8) is 0 Å². The zero-order valence-electron chi connectivity index (χ0n) is 7.72. The highest BCUT2D eigenvalue weighted by atomic mass is 15.1. The van der Waals surface area contributed by atoms with Gasteiger partial charge in [-0.3, -0.25) is 4.99 Å². The summed E-state index contributed by atoms with van der Waals surface area (Å²) in [7, 11) is 1.69. The fourth-order valence-corrected chi connectivity index (χ4v) is 0.899. The van der Waals surface area contributed by atoms with E-state index in [2.05, 4.69) is 24.2 Å². The molecule has 0 heterocycles. The highest BCUT2D eigenvalue weighted by Crippen LogP contribution is 1.98. The summed E-state index contributed by atoms with van der Waals surface area (Å²) in [5, 5.41) is 3.09. The smallest absolute Gasteiger partial charge is 0.188 e. The van der Waals surface area contributed by atoms with Crippen molar-refractivity contribution in [1.82, 2.24) is 5.32 Å². The van der Waals surface area contributed by atoms with E-state index in [4.69, 9.17) is 5.73 Å². The standard InChI is InChI=1S/C8H19N3/c1-4-5-6-7(2)11-8(9)10-3/h7H,4-6H2,1-3H3,(H3,9,10,11). The number of rotatable bonds is 4. The van der Waals surface area contributed by atoms with Gasteiger partial charge in [0.1, 0.15) is 0 Å². The molecule has 0 saturated carbocycles. The Kier molecular flexibility index (Phi) is 5.61. The van der Waals surface area contributed by atoms with Gasteiger partial charge in [0.25, 0.3) is 0 Å². The van der Waals surface area contributed by atoms with Crippen LogP contribution in [0.15, 0.2) is 4.99 Å². The monoisotopic (exact) mass is 157 g/mol. The van der Waals surface area contributed by atoms with Gasteiger partial charge in [-0.2, -0.15) is 0 Å². The minimum Gasteiger partial charge on any atom is -0.370 e. The van der Waals surface area contributed by atoms with E-state index >= 15 is 0 Å². The second-order valence-electron chi connectivity index (χ2n) is 2.80. The van der Waals surface area contributed by atoms with Crippen molar-refractivity contribution in [3.05, 3.63) is 0 Å². The fourth-order valence-electron chi connectivity index (χ4n) is 0.899. The summed E-state index contributed by atoms with van der Waals surface area (Å²) in [4.78, 5) is 3.82. The number of aliphatic imine (C=N–C) groups is 1. The van der Waals surface area contributed by atoms with Gasteiger partial charge in [-0.15, -0.1) is 0 Å². The first-order valence-electron chi connectivity index (χ1n) is 4.19. The molecule has 0 radical (unpaired) electrons. The Bertz CT molecular complexity index is 121. The molecule has 0 aromatic heterocycles. The minimum absolute atomic E-state index is 0.443. The second kappa shape index (κ2) is 6.01. The summed E-state index contributed by atoms with van der Waals surface area (Å²) >= 11 is 0. The van der Waals surface area contributed by atoms with Crippen LogP contribution in [0, 0.1) is 0 Å². The van der Waals surface area contributed by atoms with E-state index in [0.29, 0.717) is 12.0 Å². The van der Waals surface area contributed by atoms with E-state index in [1.54, 1.807) is 7.05 Å². The van der Waals surface area contributed by atoms with Crippen molar-refractivity contribution in [3.8, 4) is 0 Å². The van der Waals surface area contributed by atoms with Gasteiger partial charge in [-0.1, -0.05) is 19.8 Å². The first-order chi connectivity index (χ1) is 5.20. The summed E-state index contributed by atoms with van der Waals surface area (Å²) in [5.41, 5.74) is 5.48. The predicted octanol–water partition coefficient (Wildman–Crippen LogP) is 1.10. The third-order valence-electron chi connectivity index (χ3n) is 1.63. The second-order valence-corrected chi connectivity index (χ2v) is 2.80. The third-order valence-corrected chi connectivity index (χ3v) is 1.63. The summed E-state index contributed by atoms with van der Waals surface area (Å²) in [6, 6.07) is 0.443. The van der Waals surface area contributed by atoms with Crippen LogP contribution >= 0.6 is 0 Å². The van der Waals surface area contributed by atoms with Crippen LogP contribution in [-0.2, 0) is 0 Å². The van der Waals surface area contributed by atoms with Crippen molar-refractivity contribution >= 4 is 5.96 Å². The van der Waals surface area contributed by atoms with Gasteiger partial charge in [0.2, 0.25) is 0 Å². The molecule has 0 saturated heterocycles. The molecule has 0 aromatic carbocycles. The Morgan fingerprint density at radius 2 is 2.27 bits per heavy atom. The van der Waals surface area contributed by atoms with Crippen molar-refractivity contribution in [2.75, 3.05) is 7.05 Å². The van der Waals surface area contributed by atoms with Gasteiger partial charge in [-0.05, 0) is 13.3 Å². The number of hydrogen-bond donors (Lipinski definition) is 2. The first-order valence-corrected chi connectivity index (χ1v) is 4.19. The largest absolute Gasteiger partial charge is 0.370 e. The van der Waals surface area contributed by atoms with Gasteiger partial charge in [0.15, 0.2) is 5.96 Å². The number of nitrogens with two attached hydrogens (primary N) is 1. The Labute approximate surface area is 69.1 Å². The number of nitrogens with zero attached hydrogens (tertiary/aromatic N) is 1. The minimum atomic E-state index is 0.443. The van der Waals surface area contributed by atoms with Crippen molar-refractivity contribution in [2.45, 2.75) is 39.2 Å². The van der Waals surface area contributed by atoms with E-state index in [1.807, 2.05) is 0 Å². The van der Waals surface area contributed by atoms with Crippen LogP contribution < -0.4 is 11.1 Å². The lowest BCUT2D eigenvalue weighted by atomic mass is 10.1. The van der Waals surface area contributed by atoms with Crippen LogP contribution in [0.25, 0.3) is 0 Å². The molecule has 0 rings (SSSR count). The molecule has 0 fully saturated rings.